The zero-order valence-corrected chi connectivity index (χ0v) is 21.9. The quantitative estimate of drug-likeness (QED) is 0.500. The molecule has 0 radical (unpaired) electrons. The molecule has 194 valence electrons. The van der Waals surface area contributed by atoms with Crippen molar-refractivity contribution in [3.8, 4) is 5.75 Å². The minimum Gasteiger partial charge on any atom is -0.486 e. The number of rotatable bonds is 6. The number of ether oxygens (including phenoxy) is 1. The summed E-state index contributed by atoms with van der Waals surface area (Å²) in [5, 5.41) is 0. The lowest BCUT2D eigenvalue weighted by Gasteiger charge is -2.38. The SMILES string of the molecule is CCC(=O)N1CCc2ccc(OCc3ccc(C(=O)N4CCN(C)CC4)o3)cc2C1c1cccc(C)c1. The van der Waals surface area contributed by atoms with Gasteiger partial charge in [-0.1, -0.05) is 42.8 Å². The van der Waals surface area contributed by atoms with Crippen molar-refractivity contribution in [3.63, 3.8) is 0 Å². The number of carbonyl (C=O) groups excluding carboxylic acids is 2. The largest absolute Gasteiger partial charge is 0.486 e. The molecule has 1 aromatic heterocycles. The van der Waals surface area contributed by atoms with Crippen LogP contribution in [0.25, 0.3) is 0 Å². The molecule has 0 saturated carbocycles. The monoisotopic (exact) mass is 501 g/mol. The Bertz CT molecular complexity index is 1280. The number of aryl methyl sites for hydroxylation is 1. The summed E-state index contributed by atoms with van der Waals surface area (Å²) in [4.78, 5) is 31.7. The highest BCUT2D eigenvalue weighted by Gasteiger charge is 2.32. The number of nitrogens with zero attached hydrogens (tertiary/aromatic N) is 3. The lowest BCUT2D eigenvalue weighted by Crippen LogP contribution is -2.47. The van der Waals surface area contributed by atoms with Crippen LogP contribution < -0.4 is 4.74 Å². The van der Waals surface area contributed by atoms with E-state index in [4.69, 9.17) is 9.15 Å². The zero-order valence-electron chi connectivity index (χ0n) is 21.9. The molecular formula is C30H35N3O4. The Hall–Kier alpha value is -3.58. The first-order valence-electron chi connectivity index (χ1n) is 13.1. The van der Waals surface area contributed by atoms with Crippen LogP contribution in [0.1, 0.15) is 58.0 Å². The van der Waals surface area contributed by atoms with Crippen molar-refractivity contribution in [3.05, 3.63) is 88.4 Å². The molecule has 2 aliphatic heterocycles. The molecule has 2 amide bonds. The standard InChI is InChI=1S/C30H35N3O4/c1-4-28(34)33-13-12-22-8-9-24(19-26(22)29(33)23-7-5-6-21(2)18-23)36-20-25-10-11-27(37-25)30(35)32-16-14-31(3)15-17-32/h5-11,18-19,29H,4,12-17,20H2,1-3H3. The van der Waals surface area contributed by atoms with E-state index in [-0.39, 0.29) is 24.5 Å². The van der Waals surface area contributed by atoms with Gasteiger partial charge in [-0.05, 0) is 61.3 Å². The minimum atomic E-state index is -0.143. The van der Waals surface area contributed by atoms with Gasteiger partial charge in [0.05, 0.1) is 6.04 Å². The average Bonchev–Trinajstić information content (AvgIpc) is 3.40. The number of hydrogen-bond acceptors (Lipinski definition) is 5. The number of benzene rings is 2. The number of furan rings is 1. The average molecular weight is 502 g/mol. The fourth-order valence-electron chi connectivity index (χ4n) is 5.24. The Kier molecular flexibility index (Phi) is 7.33. The second-order valence-corrected chi connectivity index (χ2v) is 10.0. The zero-order chi connectivity index (χ0) is 25.9. The fourth-order valence-corrected chi connectivity index (χ4v) is 5.24. The van der Waals surface area contributed by atoms with Gasteiger partial charge in [0.25, 0.3) is 5.91 Å². The summed E-state index contributed by atoms with van der Waals surface area (Å²) in [7, 11) is 2.06. The van der Waals surface area contributed by atoms with Gasteiger partial charge in [0.1, 0.15) is 18.1 Å². The number of carbonyl (C=O) groups is 2. The van der Waals surface area contributed by atoms with Gasteiger partial charge in [-0.15, -0.1) is 0 Å². The molecule has 0 aliphatic carbocycles. The van der Waals surface area contributed by atoms with Crippen LogP contribution in [-0.4, -0.2) is 66.3 Å². The lowest BCUT2D eigenvalue weighted by atomic mass is 9.87. The van der Waals surface area contributed by atoms with Gasteiger partial charge in [0.15, 0.2) is 5.76 Å². The molecule has 3 heterocycles. The second kappa shape index (κ2) is 10.8. The lowest BCUT2D eigenvalue weighted by molar-refractivity contribution is -0.132. The van der Waals surface area contributed by atoms with E-state index in [0.29, 0.717) is 43.3 Å². The van der Waals surface area contributed by atoms with Gasteiger partial charge in [-0.2, -0.15) is 0 Å². The molecule has 2 aliphatic rings. The predicted octanol–water partition coefficient (Wildman–Crippen LogP) is 4.44. The van der Waals surface area contributed by atoms with E-state index in [1.807, 2.05) is 28.9 Å². The van der Waals surface area contributed by atoms with E-state index < -0.39 is 0 Å². The Morgan fingerprint density at radius 3 is 2.57 bits per heavy atom. The fraction of sp³-hybridized carbons (Fsp3) is 0.400. The molecule has 0 bridgehead atoms. The smallest absolute Gasteiger partial charge is 0.289 e. The maximum absolute atomic E-state index is 12.9. The van der Waals surface area contributed by atoms with E-state index in [2.05, 4.69) is 49.2 Å². The summed E-state index contributed by atoms with van der Waals surface area (Å²) in [5.74, 6) is 1.74. The van der Waals surface area contributed by atoms with Crippen LogP contribution in [0.2, 0.25) is 0 Å². The Labute approximate surface area is 218 Å². The molecule has 5 rings (SSSR count). The highest BCUT2D eigenvalue weighted by molar-refractivity contribution is 5.91. The topological polar surface area (TPSA) is 66.2 Å². The summed E-state index contributed by atoms with van der Waals surface area (Å²) in [6.45, 7) is 8.06. The predicted molar refractivity (Wildman–Crippen MR) is 142 cm³/mol. The Balaban J connectivity index is 1.33. The van der Waals surface area contributed by atoms with Gasteiger partial charge >= 0.3 is 0 Å². The van der Waals surface area contributed by atoms with Crippen LogP contribution in [0.15, 0.2) is 59.0 Å². The summed E-state index contributed by atoms with van der Waals surface area (Å²) < 4.78 is 12.0. The molecule has 1 atom stereocenters. The Morgan fingerprint density at radius 2 is 1.81 bits per heavy atom. The van der Waals surface area contributed by atoms with Gasteiger partial charge in [0.2, 0.25) is 5.91 Å². The number of hydrogen-bond donors (Lipinski definition) is 0. The first-order chi connectivity index (χ1) is 17.9. The molecule has 3 aromatic rings. The molecular weight excluding hydrogens is 466 g/mol. The van der Waals surface area contributed by atoms with Crippen molar-refractivity contribution < 1.29 is 18.7 Å². The maximum Gasteiger partial charge on any atom is 0.289 e. The summed E-state index contributed by atoms with van der Waals surface area (Å²) in [6.07, 6.45) is 1.29. The molecule has 0 spiro atoms. The highest BCUT2D eigenvalue weighted by Crippen LogP contribution is 2.38. The number of fused-ring (bicyclic) bond motifs is 1. The molecule has 2 aromatic carbocycles. The first kappa shape index (κ1) is 25.1. The number of likely N-dealkylation sites (N-methyl/N-ethyl adjacent to an activating group) is 1. The molecule has 37 heavy (non-hydrogen) atoms. The molecule has 1 saturated heterocycles. The molecule has 1 fully saturated rings. The van der Waals surface area contributed by atoms with Crippen molar-refractivity contribution in [2.75, 3.05) is 39.8 Å². The molecule has 7 nitrogen and oxygen atoms in total. The van der Waals surface area contributed by atoms with Crippen molar-refractivity contribution in [1.29, 1.82) is 0 Å². The highest BCUT2D eigenvalue weighted by atomic mass is 16.5. The third kappa shape index (κ3) is 5.42. The first-order valence-corrected chi connectivity index (χ1v) is 13.1. The van der Waals surface area contributed by atoms with E-state index >= 15 is 0 Å². The van der Waals surface area contributed by atoms with Crippen molar-refractivity contribution in [1.82, 2.24) is 14.7 Å². The minimum absolute atomic E-state index is 0.0743. The van der Waals surface area contributed by atoms with E-state index in [9.17, 15) is 9.59 Å². The van der Waals surface area contributed by atoms with Gasteiger partial charge in [0, 0.05) is 39.1 Å². The second-order valence-electron chi connectivity index (χ2n) is 10.0. The van der Waals surface area contributed by atoms with Crippen LogP contribution in [0.3, 0.4) is 0 Å². The summed E-state index contributed by atoms with van der Waals surface area (Å²) in [6, 6.07) is 17.9. The van der Waals surface area contributed by atoms with Crippen LogP contribution in [0.5, 0.6) is 5.75 Å². The van der Waals surface area contributed by atoms with Gasteiger partial charge < -0.3 is 23.9 Å². The molecule has 1 unspecified atom stereocenters. The molecule has 7 heteroatoms. The molecule has 0 N–H and O–H groups in total. The third-order valence-electron chi connectivity index (χ3n) is 7.37. The van der Waals surface area contributed by atoms with Crippen LogP contribution in [0, 0.1) is 6.92 Å². The number of amides is 2. The van der Waals surface area contributed by atoms with Crippen LogP contribution in [-0.2, 0) is 17.8 Å². The van der Waals surface area contributed by atoms with Crippen LogP contribution >= 0.6 is 0 Å². The summed E-state index contributed by atoms with van der Waals surface area (Å²) in [5.41, 5.74) is 4.61. The Morgan fingerprint density at radius 1 is 1.00 bits per heavy atom. The summed E-state index contributed by atoms with van der Waals surface area (Å²) >= 11 is 0. The normalized spacial score (nSPS) is 18.0. The van der Waals surface area contributed by atoms with Gasteiger partial charge in [-0.3, -0.25) is 9.59 Å². The van der Waals surface area contributed by atoms with Crippen molar-refractivity contribution in [2.45, 2.75) is 39.3 Å². The van der Waals surface area contributed by atoms with E-state index in [0.717, 1.165) is 30.6 Å². The van der Waals surface area contributed by atoms with Gasteiger partial charge in [-0.25, -0.2) is 0 Å². The van der Waals surface area contributed by atoms with Crippen molar-refractivity contribution in [2.24, 2.45) is 0 Å². The van der Waals surface area contributed by atoms with E-state index in [1.165, 1.54) is 11.1 Å². The van der Waals surface area contributed by atoms with Crippen molar-refractivity contribution >= 4 is 11.8 Å². The maximum atomic E-state index is 12.9. The van der Waals surface area contributed by atoms with E-state index in [1.54, 1.807) is 12.1 Å². The number of piperazine rings is 1. The van der Waals surface area contributed by atoms with Crippen LogP contribution in [0.4, 0.5) is 0 Å². The third-order valence-corrected chi connectivity index (χ3v) is 7.37.